The summed E-state index contributed by atoms with van der Waals surface area (Å²) in [5, 5.41) is 12.7. The third kappa shape index (κ3) is 14.0. The van der Waals surface area contributed by atoms with Crippen molar-refractivity contribution in [3.8, 4) is 0 Å². The Labute approximate surface area is 342 Å². The van der Waals surface area contributed by atoms with Crippen LogP contribution in [0.3, 0.4) is 0 Å². The van der Waals surface area contributed by atoms with Gasteiger partial charge in [0.25, 0.3) is 11.8 Å². The van der Waals surface area contributed by atoms with Crippen molar-refractivity contribution < 1.29 is 28.7 Å². The molecule has 1 aromatic heterocycles. The molecule has 0 bridgehead atoms. The zero-order valence-electron chi connectivity index (χ0n) is 34.5. The molecule has 0 saturated carbocycles. The zero-order chi connectivity index (χ0) is 42.0. The molecule has 2 heterocycles. The molecule has 58 heavy (non-hydrogen) atoms. The van der Waals surface area contributed by atoms with Crippen LogP contribution >= 0.6 is 0 Å². The zero-order valence-corrected chi connectivity index (χ0v) is 34.5. The number of nitrogens with zero attached hydrogens (tertiary/aromatic N) is 2. The minimum absolute atomic E-state index is 0.130. The molecule has 0 fully saturated rings. The normalized spacial score (nSPS) is 13.4. The van der Waals surface area contributed by atoms with Crippen molar-refractivity contribution in [2.75, 3.05) is 24.1 Å². The minimum Gasteiger partial charge on any atom is -0.475 e. The number of rotatable bonds is 25. The Kier molecular flexibility index (Phi) is 17.7. The predicted octanol–water partition coefficient (Wildman–Crippen LogP) is 6.22. The summed E-state index contributed by atoms with van der Waals surface area (Å²) >= 11 is 0. The number of aryl methyl sites for hydroxylation is 2. The number of hydrogen-bond donors (Lipinski definition) is 5. The maximum absolute atomic E-state index is 13.1. The number of nitrogens with one attached hydrogen (secondary N) is 4. The lowest BCUT2D eigenvalue weighted by Crippen LogP contribution is -2.53. The Morgan fingerprint density at radius 2 is 1.55 bits per heavy atom. The van der Waals surface area contributed by atoms with Gasteiger partial charge in [0, 0.05) is 42.7 Å². The molecule has 2 aromatic carbocycles. The highest BCUT2D eigenvalue weighted by Gasteiger charge is 2.27. The van der Waals surface area contributed by atoms with Crippen LogP contribution in [-0.2, 0) is 48.2 Å². The van der Waals surface area contributed by atoms with Crippen LogP contribution in [0.25, 0.3) is 10.9 Å². The number of nitrogens with two attached hydrogens (primary N) is 1. The molecule has 1 unspecified atom stereocenters. The van der Waals surface area contributed by atoms with E-state index in [1.165, 1.54) is 35.9 Å². The van der Waals surface area contributed by atoms with Crippen molar-refractivity contribution >= 4 is 51.9 Å². The second-order valence-electron chi connectivity index (χ2n) is 15.2. The van der Waals surface area contributed by atoms with Crippen LogP contribution < -0.4 is 27.0 Å². The van der Waals surface area contributed by atoms with Crippen LogP contribution in [0.2, 0.25) is 0 Å². The van der Waals surface area contributed by atoms with Gasteiger partial charge in [-0.15, -0.1) is 0 Å². The Bertz CT molecular complexity index is 1910. The molecule has 0 aliphatic carbocycles. The smallest absolute Gasteiger partial charge is 0.253 e. The first-order chi connectivity index (χ1) is 27.9. The standard InChI is InChI=1S/C45H61N7O6/c1-6-7-9-16-35-28-37-34(17-14-18-38(37)50-43(35)46)15-10-8-12-26-47-32(5)58-29-33-20-22-36(23-21-33)49-44(56)31(4)48-45(57)42(30(2)3)51-39(53)19-11-13-27-52-40(54)24-25-41(52)55/h14,17-18,20-25,28,30-31,42,47H,5-13,15-16,19,26-27,29H2,1-4H3,(H2,46,50)(H,48,57)(H,49,56)(H,51,53)/t31-,42?/m0/s1. The summed E-state index contributed by atoms with van der Waals surface area (Å²) < 4.78 is 5.82. The molecule has 1 aliphatic heterocycles. The number of amides is 5. The highest BCUT2D eigenvalue weighted by molar-refractivity contribution is 6.12. The number of pyridine rings is 1. The maximum Gasteiger partial charge on any atom is 0.253 e. The van der Waals surface area contributed by atoms with Crippen molar-refractivity contribution in [2.24, 2.45) is 5.92 Å². The van der Waals surface area contributed by atoms with Crippen molar-refractivity contribution in [3.05, 3.63) is 89.8 Å². The van der Waals surface area contributed by atoms with Gasteiger partial charge in [0.2, 0.25) is 17.7 Å². The molecule has 3 aromatic rings. The van der Waals surface area contributed by atoms with E-state index in [1.54, 1.807) is 32.9 Å². The third-order valence-electron chi connectivity index (χ3n) is 10.1. The number of carbonyl (C=O) groups is 5. The molecule has 4 rings (SSSR count). The second-order valence-corrected chi connectivity index (χ2v) is 15.2. The van der Waals surface area contributed by atoms with E-state index in [-0.39, 0.29) is 36.6 Å². The number of anilines is 2. The van der Waals surface area contributed by atoms with E-state index in [1.807, 2.05) is 18.2 Å². The summed E-state index contributed by atoms with van der Waals surface area (Å²) in [7, 11) is 0. The molecule has 1 aliphatic rings. The lowest BCUT2D eigenvalue weighted by Gasteiger charge is -2.24. The van der Waals surface area contributed by atoms with Gasteiger partial charge in [0.15, 0.2) is 5.88 Å². The van der Waals surface area contributed by atoms with E-state index in [0.29, 0.717) is 36.8 Å². The summed E-state index contributed by atoms with van der Waals surface area (Å²) in [6, 6.07) is 14.0. The maximum atomic E-state index is 13.1. The van der Waals surface area contributed by atoms with E-state index in [0.717, 1.165) is 66.6 Å². The number of unbranched alkanes of at least 4 members (excludes halogenated alkanes) is 5. The van der Waals surface area contributed by atoms with Gasteiger partial charge in [-0.2, -0.15) is 0 Å². The van der Waals surface area contributed by atoms with Crippen LogP contribution in [0, 0.1) is 5.92 Å². The van der Waals surface area contributed by atoms with E-state index < -0.39 is 23.9 Å². The number of imide groups is 1. The number of carbonyl (C=O) groups excluding carboxylic acids is 5. The van der Waals surface area contributed by atoms with Gasteiger partial charge in [-0.25, -0.2) is 4.98 Å². The predicted molar refractivity (Wildman–Crippen MR) is 228 cm³/mol. The van der Waals surface area contributed by atoms with E-state index >= 15 is 0 Å². The Balaban J connectivity index is 1.10. The SMILES string of the molecule is C=C(NCCCCCc1cccc2nc(N)c(CCCCC)cc12)OCc1ccc(NC(=O)[C@H](C)NC(=O)C(NC(=O)CCCCN2C(=O)C=CC2=O)C(C)C)cc1. The molecule has 2 atom stereocenters. The molecular formula is C45H61N7O6. The Hall–Kier alpha value is -5.72. The molecule has 312 valence electrons. The van der Waals surface area contributed by atoms with Crippen LogP contribution in [-0.4, -0.2) is 64.6 Å². The topological polar surface area (TPSA) is 185 Å². The number of aromatic nitrogens is 1. The fourth-order valence-corrected chi connectivity index (χ4v) is 6.65. The van der Waals surface area contributed by atoms with Gasteiger partial charge < -0.3 is 31.7 Å². The fourth-order valence-electron chi connectivity index (χ4n) is 6.65. The minimum atomic E-state index is -0.865. The van der Waals surface area contributed by atoms with Crippen LogP contribution in [0.5, 0.6) is 0 Å². The number of ether oxygens (including phenoxy) is 1. The summed E-state index contributed by atoms with van der Waals surface area (Å²) in [4.78, 5) is 67.8. The Morgan fingerprint density at radius 1 is 0.845 bits per heavy atom. The summed E-state index contributed by atoms with van der Waals surface area (Å²) in [5.74, 6) is -1.01. The summed E-state index contributed by atoms with van der Waals surface area (Å²) in [6.07, 6.45) is 12.0. The van der Waals surface area contributed by atoms with E-state index in [4.69, 9.17) is 10.5 Å². The average Bonchev–Trinajstić information content (AvgIpc) is 3.52. The largest absolute Gasteiger partial charge is 0.475 e. The van der Waals surface area contributed by atoms with Crippen molar-refractivity contribution in [1.29, 1.82) is 0 Å². The van der Waals surface area contributed by atoms with Crippen LogP contribution in [0.15, 0.2) is 73.1 Å². The van der Waals surface area contributed by atoms with Crippen molar-refractivity contribution in [2.45, 2.75) is 117 Å². The van der Waals surface area contributed by atoms with E-state index in [9.17, 15) is 24.0 Å². The molecule has 0 spiro atoms. The summed E-state index contributed by atoms with van der Waals surface area (Å²) in [5.41, 5.74) is 11.1. The Morgan fingerprint density at radius 3 is 2.26 bits per heavy atom. The highest BCUT2D eigenvalue weighted by atomic mass is 16.5. The highest BCUT2D eigenvalue weighted by Crippen LogP contribution is 2.25. The number of hydrogen-bond acceptors (Lipinski definition) is 9. The van der Waals surface area contributed by atoms with E-state index in [2.05, 4.69) is 58.0 Å². The van der Waals surface area contributed by atoms with Gasteiger partial charge in [0.1, 0.15) is 24.5 Å². The number of benzene rings is 2. The molecular weight excluding hydrogens is 735 g/mol. The van der Waals surface area contributed by atoms with Gasteiger partial charge in [0.05, 0.1) is 5.52 Å². The molecule has 0 radical (unpaired) electrons. The van der Waals surface area contributed by atoms with Gasteiger partial charge in [-0.1, -0.05) is 64.3 Å². The molecule has 13 nitrogen and oxygen atoms in total. The molecule has 0 saturated heterocycles. The summed E-state index contributed by atoms with van der Waals surface area (Å²) in [6.45, 7) is 12.7. The fraction of sp³-hybridized carbons (Fsp3) is 0.467. The molecule has 6 N–H and O–H groups in total. The molecule has 5 amide bonds. The van der Waals surface area contributed by atoms with Crippen molar-refractivity contribution in [1.82, 2.24) is 25.8 Å². The van der Waals surface area contributed by atoms with Crippen LogP contribution in [0.4, 0.5) is 11.5 Å². The first-order valence-corrected chi connectivity index (χ1v) is 20.6. The third-order valence-corrected chi connectivity index (χ3v) is 10.1. The lowest BCUT2D eigenvalue weighted by molar-refractivity contribution is -0.136. The second kappa shape index (κ2) is 22.9. The van der Waals surface area contributed by atoms with Gasteiger partial charge >= 0.3 is 0 Å². The first kappa shape index (κ1) is 45.0. The number of nitrogen functional groups attached to an aromatic ring is 1. The lowest BCUT2D eigenvalue weighted by atomic mass is 9.99. The first-order valence-electron chi connectivity index (χ1n) is 20.6. The van der Waals surface area contributed by atoms with Gasteiger partial charge in [-0.3, -0.25) is 28.9 Å². The molecule has 13 heteroatoms. The van der Waals surface area contributed by atoms with Gasteiger partial charge in [-0.05, 0) is 105 Å². The van der Waals surface area contributed by atoms with Crippen LogP contribution in [0.1, 0.15) is 102 Å². The quantitative estimate of drug-likeness (QED) is 0.0378. The monoisotopic (exact) mass is 795 g/mol. The van der Waals surface area contributed by atoms with Crippen molar-refractivity contribution in [3.63, 3.8) is 0 Å². The number of fused-ring (bicyclic) bond motifs is 1. The average molecular weight is 796 g/mol.